The third-order valence-electron chi connectivity index (χ3n) is 5.59. The highest BCUT2D eigenvalue weighted by atomic mass is 32.2. The van der Waals surface area contributed by atoms with Gasteiger partial charge in [-0.25, -0.2) is 0 Å². The molecule has 0 aliphatic rings. The molecule has 0 saturated heterocycles. The summed E-state index contributed by atoms with van der Waals surface area (Å²) in [6.07, 6.45) is 1.83. The van der Waals surface area contributed by atoms with Crippen molar-refractivity contribution in [1.29, 1.82) is 0 Å². The molecule has 2 heterocycles. The molecule has 1 atom stereocenters. The Kier molecular flexibility index (Phi) is 7.65. The minimum absolute atomic E-state index is 0.0391. The quantitative estimate of drug-likeness (QED) is 0.217. The van der Waals surface area contributed by atoms with Crippen LogP contribution in [0, 0.1) is 13.8 Å². The second-order valence-corrected chi connectivity index (χ2v) is 10.2. The number of amides is 1. The topological polar surface area (TPSA) is 59.8 Å². The van der Waals surface area contributed by atoms with Gasteiger partial charge in [-0.2, -0.15) is 0 Å². The van der Waals surface area contributed by atoms with E-state index >= 15 is 0 Å². The number of nitrogens with zero attached hydrogens (tertiary/aromatic N) is 3. The molecule has 0 fully saturated rings. The number of hydrogen-bond acceptors (Lipinski definition) is 5. The number of thiophene rings is 1. The van der Waals surface area contributed by atoms with Gasteiger partial charge in [0.15, 0.2) is 11.0 Å². The van der Waals surface area contributed by atoms with Crippen LogP contribution in [0.5, 0.6) is 0 Å². The molecule has 174 valence electrons. The Morgan fingerprint density at radius 2 is 1.88 bits per heavy atom. The van der Waals surface area contributed by atoms with Gasteiger partial charge in [0.05, 0.1) is 11.8 Å². The van der Waals surface area contributed by atoms with E-state index < -0.39 is 0 Å². The third kappa shape index (κ3) is 5.32. The van der Waals surface area contributed by atoms with Gasteiger partial charge in [0.1, 0.15) is 0 Å². The van der Waals surface area contributed by atoms with E-state index in [4.69, 9.17) is 0 Å². The van der Waals surface area contributed by atoms with Crippen LogP contribution in [-0.2, 0) is 11.3 Å². The molecule has 34 heavy (non-hydrogen) atoms. The van der Waals surface area contributed by atoms with Gasteiger partial charge in [0.25, 0.3) is 0 Å². The maximum absolute atomic E-state index is 12.6. The molecule has 7 heteroatoms. The predicted octanol–water partition coefficient (Wildman–Crippen LogP) is 6.45. The lowest BCUT2D eigenvalue weighted by molar-refractivity contribution is -0.119. The minimum atomic E-state index is -0.0539. The van der Waals surface area contributed by atoms with Crippen molar-refractivity contribution in [3.05, 3.63) is 88.6 Å². The predicted molar refractivity (Wildman–Crippen MR) is 142 cm³/mol. The molecule has 1 amide bonds. The van der Waals surface area contributed by atoms with Crippen molar-refractivity contribution < 1.29 is 4.79 Å². The number of allylic oxidation sites excluding steroid dienone is 1. The Bertz CT molecular complexity index is 1280. The van der Waals surface area contributed by atoms with Crippen molar-refractivity contribution >= 4 is 29.0 Å². The molecular formula is C27H28N4OS2. The van der Waals surface area contributed by atoms with Gasteiger partial charge in [-0.15, -0.1) is 28.1 Å². The van der Waals surface area contributed by atoms with Crippen LogP contribution in [0.3, 0.4) is 0 Å². The molecule has 0 saturated carbocycles. The fourth-order valence-corrected chi connectivity index (χ4v) is 5.45. The molecule has 0 aliphatic carbocycles. The summed E-state index contributed by atoms with van der Waals surface area (Å²) in [4.78, 5) is 13.8. The van der Waals surface area contributed by atoms with Crippen LogP contribution in [0.15, 0.2) is 77.8 Å². The SMILES string of the molecule is C=CCn1c(SCC(=O)NC(C)c2ccccc2)nnc1-c1csc(C)c1-c1ccc(C)cc1. The number of nitrogens with one attached hydrogen (secondary N) is 1. The number of carbonyl (C=O) groups is 1. The largest absolute Gasteiger partial charge is 0.349 e. The summed E-state index contributed by atoms with van der Waals surface area (Å²) in [7, 11) is 0. The van der Waals surface area contributed by atoms with Crippen molar-refractivity contribution in [2.75, 3.05) is 5.75 Å². The number of hydrogen-bond donors (Lipinski definition) is 1. The summed E-state index contributed by atoms with van der Waals surface area (Å²) in [5.74, 6) is 1.02. The van der Waals surface area contributed by atoms with E-state index in [0.717, 1.165) is 22.5 Å². The normalized spacial score (nSPS) is 11.9. The number of carbonyl (C=O) groups excluding carboxylic acids is 1. The Labute approximate surface area is 208 Å². The van der Waals surface area contributed by atoms with E-state index in [0.29, 0.717) is 11.7 Å². The molecule has 0 aliphatic heterocycles. The van der Waals surface area contributed by atoms with Crippen molar-refractivity contribution in [3.63, 3.8) is 0 Å². The number of benzene rings is 2. The summed E-state index contributed by atoms with van der Waals surface area (Å²) in [5, 5.41) is 14.9. The maximum Gasteiger partial charge on any atom is 0.230 e. The fraction of sp³-hybridized carbons (Fsp3) is 0.222. The van der Waals surface area contributed by atoms with Crippen LogP contribution in [0.2, 0.25) is 0 Å². The lowest BCUT2D eigenvalue weighted by Crippen LogP contribution is -2.28. The molecule has 2 aromatic heterocycles. The highest BCUT2D eigenvalue weighted by Crippen LogP contribution is 2.39. The fourth-order valence-electron chi connectivity index (χ4n) is 3.83. The van der Waals surface area contributed by atoms with Gasteiger partial charge >= 0.3 is 0 Å². The number of aromatic nitrogens is 3. The zero-order chi connectivity index (χ0) is 24.1. The zero-order valence-electron chi connectivity index (χ0n) is 19.6. The molecule has 0 bridgehead atoms. The molecule has 4 aromatic rings. The van der Waals surface area contributed by atoms with Crippen LogP contribution in [0.25, 0.3) is 22.5 Å². The average molecular weight is 489 g/mol. The van der Waals surface area contributed by atoms with Crippen molar-refractivity contribution in [3.8, 4) is 22.5 Å². The minimum Gasteiger partial charge on any atom is -0.349 e. The Balaban J connectivity index is 1.55. The molecule has 5 nitrogen and oxygen atoms in total. The molecule has 1 unspecified atom stereocenters. The Morgan fingerprint density at radius 3 is 2.59 bits per heavy atom. The standard InChI is InChI=1S/C27H28N4OS2/c1-5-15-31-26(23-16-33-20(4)25(23)22-13-11-18(2)12-14-22)29-30-27(31)34-17-24(32)28-19(3)21-9-7-6-8-10-21/h5-14,16,19H,1,15,17H2,2-4H3,(H,28,32). The highest BCUT2D eigenvalue weighted by molar-refractivity contribution is 7.99. The first-order valence-electron chi connectivity index (χ1n) is 11.1. The summed E-state index contributed by atoms with van der Waals surface area (Å²) in [6.45, 7) is 10.7. The van der Waals surface area contributed by atoms with Crippen LogP contribution < -0.4 is 5.32 Å². The molecule has 0 spiro atoms. The van der Waals surface area contributed by atoms with Crippen LogP contribution >= 0.6 is 23.1 Å². The molecule has 0 radical (unpaired) electrons. The zero-order valence-corrected chi connectivity index (χ0v) is 21.2. The second kappa shape index (κ2) is 10.8. The first-order valence-corrected chi connectivity index (χ1v) is 13.0. The summed E-state index contributed by atoms with van der Waals surface area (Å²) < 4.78 is 2.03. The summed E-state index contributed by atoms with van der Waals surface area (Å²) in [6, 6.07) is 18.4. The van der Waals surface area contributed by atoms with E-state index in [9.17, 15) is 4.79 Å². The van der Waals surface area contributed by atoms with Crippen molar-refractivity contribution in [2.24, 2.45) is 0 Å². The average Bonchev–Trinajstić information content (AvgIpc) is 3.42. The van der Waals surface area contributed by atoms with Gasteiger partial charge in [0, 0.05) is 27.9 Å². The van der Waals surface area contributed by atoms with Gasteiger partial charge in [-0.05, 0) is 31.9 Å². The first kappa shape index (κ1) is 24.0. The van der Waals surface area contributed by atoms with Crippen LogP contribution in [0.4, 0.5) is 0 Å². The lowest BCUT2D eigenvalue weighted by atomic mass is 10.0. The van der Waals surface area contributed by atoms with E-state index in [2.05, 4.69) is 65.6 Å². The van der Waals surface area contributed by atoms with E-state index in [1.54, 1.807) is 11.3 Å². The van der Waals surface area contributed by atoms with Crippen molar-refractivity contribution in [1.82, 2.24) is 20.1 Å². The van der Waals surface area contributed by atoms with E-state index in [-0.39, 0.29) is 17.7 Å². The Morgan fingerprint density at radius 1 is 1.15 bits per heavy atom. The van der Waals surface area contributed by atoms with Crippen LogP contribution in [-0.4, -0.2) is 26.4 Å². The highest BCUT2D eigenvalue weighted by Gasteiger charge is 2.21. The van der Waals surface area contributed by atoms with Gasteiger partial charge in [0.2, 0.25) is 5.91 Å². The molecule has 1 N–H and O–H groups in total. The van der Waals surface area contributed by atoms with Gasteiger partial charge < -0.3 is 5.32 Å². The molecule has 2 aromatic carbocycles. The first-order chi connectivity index (χ1) is 16.5. The number of aryl methyl sites for hydroxylation is 2. The van der Waals surface area contributed by atoms with E-state index in [1.807, 2.05) is 47.9 Å². The van der Waals surface area contributed by atoms with Gasteiger partial charge in [-0.3, -0.25) is 9.36 Å². The second-order valence-electron chi connectivity index (χ2n) is 8.14. The third-order valence-corrected chi connectivity index (χ3v) is 7.47. The maximum atomic E-state index is 12.6. The van der Waals surface area contributed by atoms with Crippen molar-refractivity contribution in [2.45, 2.75) is 38.5 Å². The molecular weight excluding hydrogens is 460 g/mol. The Hall–Kier alpha value is -3.16. The number of thioether (sulfide) groups is 1. The van der Waals surface area contributed by atoms with E-state index in [1.165, 1.54) is 27.8 Å². The number of rotatable bonds is 9. The lowest BCUT2D eigenvalue weighted by Gasteiger charge is -2.14. The van der Waals surface area contributed by atoms with Gasteiger partial charge in [-0.1, -0.05) is 78.0 Å². The summed E-state index contributed by atoms with van der Waals surface area (Å²) in [5.41, 5.74) is 5.69. The molecule has 4 rings (SSSR count). The monoisotopic (exact) mass is 488 g/mol. The van der Waals surface area contributed by atoms with Crippen LogP contribution in [0.1, 0.15) is 29.0 Å². The summed E-state index contributed by atoms with van der Waals surface area (Å²) >= 11 is 3.10. The smallest absolute Gasteiger partial charge is 0.230 e.